The van der Waals surface area contributed by atoms with Crippen LogP contribution in [0.15, 0.2) is 29.3 Å². The number of aryl methyl sites for hydroxylation is 1. The van der Waals surface area contributed by atoms with Gasteiger partial charge in [0.2, 0.25) is 5.88 Å². The first kappa shape index (κ1) is 17.8. The molecule has 0 amide bonds. The zero-order valence-corrected chi connectivity index (χ0v) is 14.7. The molecule has 0 aliphatic rings. The van der Waals surface area contributed by atoms with Crippen LogP contribution in [-0.2, 0) is 10.0 Å². The lowest BCUT2D eigenvalue weighted by atomic mass is 10.2. The van der Waals surface area contributed by atoms with Crippen molar-refractivity contribution in [1.82, 2.24) is 9.97 Å². The van der Waals surface area contributed by atoms with E-state index in [-0.39, 0.29) is 22.5 Å². The molecule has 0 aliphatic carbocycles. The fourth-order valence-corrected chi connectivity index (χ4v) is 3.11. The maximum absolute atomic E-state index is 12.6. The topological polar surface area (TPSA) is 99.6 Å². The highest BCUT2D eigenvalue weighted by Crippen LogP contribution is 2.27. The van der Waals surface area contributed by atoms with Gasteiger partial charge >= 0.3 is 6.01 Å². The number of aromatic nitrogens is 2. The predicted octanol–water partition coefficient (Wildman–Crippen LogP) is 2.00. The first-order valence-electron chi connectivity index (χ1n) is 7.12. The average molecular weight is 353 g/mol. The second kappa shape index (κ2) is 7.35. The molecule has 0 fully saturated rings. The molecular formula is C15H19N3O5S. The van der Waals surface area contributed by atoms with E-state index in [9.17, 15) is 8.42 Å². The Bertz CT molecular complexity index is 824. The fraction of sp³-hybridized carbons (Fsp3) is 0.333. The molecule has 0 unspecified atom stereocenters. The molecule has 0 spiro atoms. The van der Waals surface area contributed by atoms with Gasteiger partial charge in [-0.1, -0.05) is 0 Å². The number of sulfonamides is 1. The van der Waals surface area contributed by atoms with Crippen LogP contribution >= 0.6 is 0 Å². The summed E-state index contributed by atoms with van der Waals surface area (Å²) in [5, 5.41) is 0. The van der Waals surface area contributed by atoms with Crippen molar-refractivity contribution in [3.8, 4) is 17.6 Å². The SMILES string of the molecule is CCOc1ccc(S(=O)(=O)Nc2cnc(OC)nc2OC)cc1C. The minimum absolute atomic E-state index is 0.0630. The van der Waals surface area contributed by atoms with Crippen LogP contribution < -0.4 is 18.9 Å². The summed E-state index contributed by atoms with van der Waals surface area (Å²) in [6.07, 6.45) is 1.28. The first-order chi connectivity index (χ1) is 11.4. The maximum atomic E-state index is 12.6. The zero-order chi connectivity index (χ0) is 17.7. The molecule has 9 heteroatoms. The van der Waals surface area contributed by atoms with Crippen molar-refractivity contribution in [2.24, 2.45) is 0 Å². The summed E-state index contributed by atoms with van der Waals surface area (Å²) in [6.45, 7) is 4.15. The second-order valence-corrected chi connectivity index (χ2v) is 6.43. The van der Waals surface area contributed by atoms with E-state index >= 15 is 0 Å². The molecule has 2 rings (SSSR count). The van der Waals surface area contributed by atoms with Gasteiger partial charge in [-0.25, -0.2) is 13.4 Å². The highest BCUT2D eigenvalue weighted by atomic mass is 32.2. The summed E-state index contributed by atoms with van der Waals surface area (Å²) in [4.78, 5) is 7.92. The molecule has 1 N–H and O–H groups in total. The van der Waals surface area contributed by atoms with E-state index < -0.39 is 10.0 Å². The van der Waals surface area contributed by atoms with Crippen molar-refractivity contribution in [3.05, 3.63) is 30.0 Å². The predicted molar refractivity (Wildman–Crippen MR) is 88.3 cm³/mol. The first-order valence-corrected chi connectivity index (χ1v) is 8.61. The molecule has 130 valence electrons. The number of ether oxygens (including phenoxy) is 3. The van der Waals surface area contributed by atoms with Crippen LogP contribution in [0.3, 0.4) is 0 Å². The molecule has 0 radical (unpaired) electrons. The Labute approximate surface area is 140 Å². The standard InChI is InChI=1S/C15H19N3O5S/c1-5-23-13-7-6-11(8-10(13)2)24(19,20)18-12-9-16-15(22-4)17-14(12)21-3/h6-9,18H,5H2,1-4H3. The van der Waals surface area contributed by atoms with E-state index in [0.29, 0.717) is 12.4 Å². The van der Waals surface area contributed by atoms with Crippen molar-refractivity contribution in [1.29, 1.82) is 0 Å². The molecule has 2 aromatic rings. The van der Waals surface area contributed by atoms with Crippen LogP contribution in [0.1, 0.15) is 12.5 Å². The van der Waals surface area contributed by atoms with Crippen molar-refractivity contribution in [2.45, 2.75) is 18.7 Å². The van der Waals surface area contributed by atoms with Gasteiger partial charge in [0, 0.05) is 0 Å². The van der Waals surface area contributed by atoms with Gasteiger partial charge in [0.1, 0.15) is 11.4 Å². The molecule has 1 aromatic heterocycles. The van der Waals surface area contributed by atoms with Crippen LogP contribution in [0.25, 0.3) is 0 Å². The number of hydrogen-bond acceptors (Lipinski definition) is 7. The number of nitrogens with zero attached hydrogens (tertiary/aromatic N) is 2. The molecular weight excluding hydrogens is 334 g/mol. The highest BCUT2D eigenvalue weighted by Gasteiger charge is 2.19. The lowest BCUT2D eigenvalue weighted by Crippen LogP contribution is -2.15. The van der Waals surface area contributed by atoms with Gasteiger partial charge in [0.05, 0.1) is 31.9 Å². The van der Waals surface area contributed by atoms with Crippen LogP contribution in [0, 0.1) is 6.92 Å². The third kappa shape index (κ3) is 3.85. The lowest BCUT2D eigenvalue weighted by molar-refractivity contribution is 0.337. The largest absolute Gasteiger partial charge is 0.494 e. The molecule has 0 saturated carbocycles. The van der Waals surface area contributed by atoms with E-state index in [2.05, 4.69) is 14.7 Å². The Kier molecular flexibility index (Phi) is 5.45. The van der Waals surface area contributed by atoms with E-state index in [1.54, 1.807) is 13.0 Å². The van der Waals surface area contributed by atoms with Crippen molar-refractivity contribution in [3.63, 3.8) is 0 Å². The van der Waals surface area contributed by atoms with Crippen LogP contribution in [0.5, 0.6) is 17.6 Å². The molecule has 0 aliphatic heterocycles. The fourth-order valence-electron chi connectivity index (χ4n) is 1.99. The molecule has 24 heavy (non-hydrogen) atoms. The van der Waals surface area contributed by atoms with Gasteiger partial charge in [-0.15, -0.1) is 0 Å². The number of rotatable bonds is 7. The van der Waals surface area contributed by atoms with Gasteiger partial charge < -0.3 is 14.2 Å². The zero-order valence-electron chi connectivity index (χ0n) is 13.9. The highest BCUT2D eigenvalue weighted by molar-refractivity contribution is 7.92. The summed E-state index contributed by atoms with van der Waals surface area (Å²) in [5.41, 5.74) is 0.836. The maximum Gasteiger partial charge on any atom is 0.319 e. The quantitative estimate of drug-likeness (QED) is 0.812. The van der Waals surface area contributed by atoms with Gasteiger partial charge in [-0.3, -0.25) is 4.72 Å². The van der Waals surface area contributed by atoms with Crippen molar-refractivity contribution in [2.75, 3.05) is 25.5 Å². The summed E-state index contributed by atoms with van der Waals surface area (Å²) in [7, 11) is -1.05. The van der Waals surface area contributed by atoms with E-state index in [0.717, 1.165) is 5.56 Å². The summed E-state index contributed by atoms with van der Waals surface area (Å²) >= 11 is 0. The van der Waals surface area contributed by atoms with Crippen LogP contribution in [0.2, 0.25) is 0 Å². The molecule has 1 aromatic carbocycles. The number of anilines is 1. The normalized spacial score (nSPS) is 11.0. The molecule has 0 atom stereocenters. The van der Waals surface area contributed by atoms with Gasteiger partial charge in [0.15, 0.2) is 0 Å². The Morgan fingerprint density at radius 1 is 1.21 bits per heavy atom. The van der Waals surface area contributed by atoms with E-state index in [1.165, 1.54) is 32.5 Å². The minimum Gasteiger partial charge on any atom is -0.494 e. The second-order valence-electron chi connectivity index (χ2n) is 4.75. The van der Waals surface area contributed by atoms with Gasteiger partial charge in [0.25, 0.3) is 10.0 Å². The van der Waals surface area contributed by atoms with Crippen molar-refractivity contribution >= 4 is 15.7 Å². The number of hydrogen-bond donors (Lipinski definition) is 1. The average Bonchev–Trinajstić information content (AvgIpc) is 2.56. The van der Waals surface area contributed by atoms with Crippen LogP contribution in [-0.4, -0.2) is 39.2 Å². The summed E-state index contributed by atoms with van der Waals surface area (Å²) < 4.78 is 42.9. The Morgan fingerprint density at radius 2 is 1.96 bits per heavy atom. The Morgan fingerprint density at radius 3 is 2.54 bits per heavy atom. The van der Waals surface area contributed by atoms with E-state index in [1.807, 2.05) is 6.92 Å². The van der Waals surface area contributed by atoms with Gasteiger partial charge in [-0.05, 0) is 37.6 Å². The summed E-state index contributed by atoms with van der Waals surface area (Å²) in [5.74, 6) is 0.704. The van der Waals surface area contributed by atoms with Crippen molar-refractivity contribution < 1.29 is 22.6 Å². The van der Waals surface area contributed by atoms with Gasteiger partial charge in [-0.2, -0.15) is 4.98 Å². The Hall–Kier alpha value is -2.55. The minimum atomic E-state index is -3.83. The smallest absolute Gasteiger partial charge is 0.319 e. The number of methoxy groups -OCH3 is 2. The van der Waals surface area contributed by atoms with E-state index in [4.69, 9.17) is 14.2 Å². The molecule has 1 heterocycles. The Balaban J connectivity index is 2.33. The number of nitrogens with one attached hydrogen (secondary N) is 1. The number of benzene rings is 1. The molecule has 0 saturated heterocycles. The molecule has 8 nitrogen and oxygen atoms in total. The van der Waals surface area contributed by atoms with Crippen LogP contribution in [0.4, 0.5) is 5.69 Å². The third-order valence-electron chi connectivity index (χ3n) is 3.11. The monoisotopic (exact) mass is 353 g/mol. The lowest BCUT2D eigenvalue weighted by Gasteiger charge is -2.13. The molecule has 0 bridgehead atoms. The summed E-state index contributed by atoms with van der Waals surface area (Å²) in [6, 6.07) is 4.70. The third-order valence-corrected chi connectivity index (χ3v) is 4.47.